The van der Waals surface area contributed by atoms with Crippen LogP contribution in [-0.2, 0) is 34.9 Å². The van der Waals surface area contributed by atoms with Gasteiger partial charge in [0.25, 0.3) is 0 Å². The second-order valence-electron chi connectivity index (χ2n) is 10.9. The fourth-order valence-corrected chi connectivity index (χ4v) is 20.4. The summed E-state index contributed by atoms with van der Waals surface area (Å²) >= 11 is -6.20. The van der Waals surface area contributed by atoms with Crippen molar-refractivity contribution in [1.82, 2.24) is 0 Å². The van der Waals surface area contributed by atoms with E-state index in [4.69, 9.17) is 6.64 Å². The summed E-state index contributed by atoms with van der Waals surface area (Å²) in [4.78, 5) is 26.3. The van der Waals surface area contributed by atoms with Gasteiger partial charge in [0.1, 0.15) is 0 Å². The number of benzene rings is 2. The summed E-state index contributed by atoms with van der Waals surface area (Å²) in [6, 6.07) is 14.5. The third-order valence-electron chi connectivity index (χ3n) is 7.64. The van der Waals surface area contributed by atoms with E-state index < -0.39 is 12.3 Å². The SMILES string of the molecule is CCC(=O)[O][Ti]([CH3])([CH3])(=[SiH2])([O]C(=O)CC)([C]1=CC=CC1)[c]1cccc2c1Cc1ccccc1-2. The van der Waals surface area contributed by atoms with Crippen molar-refractivity contribution in [2.24, 2.45) is 0 Å². The Balaban J connectivity index is 2.18. The van der Waals surface area contributed by atoms with Crippen molar-refractivity contribution in [3.05, 3.63) is 75.7 Å². The molecule has 0 atom stereocenters. The molecule has 0 heterocycles. The third-order valence-corrected chi connectivity index (χ3v) is 24.3. The van der Waals surface area contributed by atoms with E-state index in [0.29, 0.717) is 12.8 Å². The van der Waals surface area contributed by atoms with Gasteiger partial charge in [0, 0.05) is 0 Å². The van der Waals surface area contributed by atoms with Crippen LogP contribution in [0.15, 0.2) is 64.6 Å². The topological polar surface area (TPSA) is 52.6 Å². The number of hydrogen-bond acceptors (Lipinski definition) is 4. The Kier molecular flexibility index (Phi) is 4.62. The van der Waals surface area contributed by atoms with E-state index in [1.165, 1.54) is 11.1 Å². The summed E-state index contributed by atoms with van der Waals surface area (Å²) in [5.74, 6) is -0.712. The van der Waals surface area contributed by atoms with Crippen molar-refractivity contribution in [1.29, 1.82) is 0 Å². The number of fused-ring (bicyclic) bond motifs is 3. The Morgan fingerprint density at radius 3 is 2.16 bits per heavy atom. The molecular formula is C26H32O4SiTi. The second kappa shape index (κ2) is 6.43. The van der Waals surface area contributed by atoms with E-state index >= 15 is 0 Å². The predicted octanol–water partition coefficient (Wildman–Crippen LogP) is 4.87. The van der Waals surface area contributed by atoms with Gasteiger partial charge in [-0.2, -0.15) is 0 Å². The quantitative estimate of drug-likeness (QED) is 0.469. The Hall–Kier alpha value is -2.21. The van der Waals surface area contributed by atoms with Gasteiger partial charge in [-0.25, -0.2) is 0 Å². The van der Waals surface area contributed by atoms with Crippen LogP contribution in [-0.4, -0.2) is 19.6 Å². The molecule has 0 N–H and O–H groups in total. The van der Waals surface area contributed by atoms with E-state index in [2.05, 4.69) is 18.2 Å². The summed E-state index contributed by atoms with van der Waals surface area (Å²) in [7, 11) is 1.64. The first-order valence-electron chi connectivity index (χ1n) is 11.4. The van der Waals surface area contributed by atoms with Gasteiger partial charge < -0.3 is 0 Å². The van der Waals surface area contributed by atoms with Gasteiger partial charge in [-0.3, -0.25) is 0 Å². The standard InChI is InChI=1S/C13H9.C5H5.2C3H6O2.2CH3.H2Si.Ti/c1-3-7-12-10(5-1)9-11-6-2-4-8-13(11)12;1-2-4-5-3-1;2*1-2-3(4)5;;;;/h1-5,7-8H,9H2;1-3H,4H2;2*2H2,1H3,(H,4,5);2*1H3;1H2;/q;;;;;;;+2/p-2. The molecule has 2 aromatic carbocycles. The average Bonchev–Trinajstić information content (AvgIpc) is 3.42. The number of allylic oxidation sites excluding steroid dienone is 4. The van der Waals surface area contributed by atoms with Crippen LogP contribution in [0.2, 0.25) is 10.5 Å². The molecule has 0 bridgehead atoms. The second-order valence-corrected chi connectivity index (χ2v) is 37.9. The van der Waals surface area contributed by atoms with Crippen LogP contribution < -0.4 is 3.87 Å². The van der Waals surface area contributed by atoms with E-state index in [0.717, 1.165) is 18.9 Å². The van der Waals surface area contributed by atoms with Crippen LogP contribution in [0.1, 0.15) is 44.2 Å². The summed E-state index contributed by atoms with van der Waals surface area (Å²) in [6.07, 6.45) is 7.70. The molecular weight excluding hydrogens is 452 g/mol. The summed E-state index contributed by atoms with van der Waals surface area (Å²) < 4.78 is 15.2. The molecule has 0 amide bonds. The fourth-order valence-electron chi connectivity index (χ4n) is 5.81. The van der Waals surface area contributed by atoms with Gasteiger partial charge in [0.15, 0.2) is 0 Å². The molecule has 32 heavy (non-hydrogen) atoms. The minimum absolute atomic E-state index is 0.201. The molecule has 0 spiro atoms. The predicted molar refractivity (Wildman–Crippen MR) is 129 cm³/mol. The van der Waals surface area contributed by atoms with Gasteiger partial charge in [-0.05, 0) is 0 Å². The minimum atomic E-state index is -6.20. The number of hydrogen-bond donors (Lipinski definition) is 0. The number of carbonyl (C=O) groups excluding carboxylic acids is 2. The summed E-state index contributed by atoms with van der Waals surface area (Å²) in [6.45, 7) is 3.56. The zero-order valence-electron chi connectivity index (χ0n) is 19.4. The van der Waals surface area contributed by atoms with Crippen LogP contribution in [0, 0.1) is 0 Å². The van der Waals surface area contributed by atoms with Gasteiger partial charge >= 0.3 is 189 Å². The molecule has 2 aromatic rings. The van der Waals surface area contributed by atoms with Crippen molar-refractivity contribution in [2.75, 3.05) is 0 Å². The van der Waals surface area contributed by atoms with Crippen LogP contribution in [0.25, 0.3) is 11.1 Å². The average molecular weight is 484 g/mol. The van der Waals surface area contributed by atoms with Crippen LogP contribution in [0.4, 0.5) is 0 Å². The molecule has 168 valence electrons. The van der Waals surface area contributed by atoms with Crippen LogP contribution in [0.3, 0.4) is 0 Å². The first-order valence-corrected chi connectivity index (χ1v) is 21.4. The van der Waals surface area contributed by atoms with E-state index in [1.54, 1.807) is 21.5 Å². The fraction of sp³-hybridized carbons (Fsp3) is 0.308. The monoisotopic (exact) mass is 484 g/mol. The van der Waals surface area contributed by atoms with Crippen molar-refractivity contribution < 1.29 is 28.5 Å². The number of rotatable bonds is 6. The van der Waals surface area contributed by atoms with Gasteiger partial charge in [-0.1, -0.05) is 0 Å². The zero-order valence-corrected chi connectivity index (χ0v) is 22.4. The van der Waals surface area contributed by atoms with Crippen LogP contribution >= 0.6 is 0 Å². The van der Waals surface area contributed by atoms with E-state index in [1.807, 2.05) is 53.0 Å². The van der Waals surface area contributed by atoms with E-state index in [9.17, 15) is 9.59 Å². The van der Waals surface area contributed by atoms with Crippen molar-refractivity contribution in [3.63, 3.8) is 0 Å². The molecule has 0 aromatic heterocycles. The van der Waals surface area contributed by atoms with E-state index in [-0.39, 0.29) is 24.8 Å². The van der Waals surface area contributed by atoms with Gasteiger partial charge in [0.2, 0.25) is 0 Å². The Morgan fingerprint density at radius 2 is 1.56 bits per heavy atom. The van der Waals surface area contributed by atoms with Crippen LogP contribution in [0.5, 0.6) is 0 Å². The molecule has 4 rings (SSSR count). The maximum atomic E-state index is 13.1. The zero-order chi connectivity index (χ0) is 23.3. The third kappa shape index (κ3) is 2.98. The first-order chi connectivity index (χ1) is 14.9. The molecule has 0 saturated heterocycles. The Labute approximate surface area is 188 Å². The maximum absolute atomic E-state index is 13.1. The summed E-state index contributed by atoms with van der Waals surface area (Å²) in [5, 5.41) is 3.93. The molecule has 4 nitrogen and oxygen atoms in total. The van der Waals surface area contributed by atoms with Gasteiger partial charge in [-0.15, -0.1) is 0 Å². The molecule has 2 aliphatic rings. The Morgan fingerprint density at radius 1 is 0.938 bits per heavy atom. The molecule has 2 aliphatic carbocycles. The molecule has 0 radical (unpaired) electrons. The summed E-state index contributed by atoms with van der Waals surface area (Å²) in [5.41, 5.74) is 4.61. The molecule has 0 aliphatic heterocycles. The molecule has 0 saturated carbocycles. The van der Waals surface area contributed by atoms with Crippen molar-refractivity contribution >= 4 is 23.4 Å². The number of carbonyl (C=O) groups is 2. The van der Waals surface area contributed by atoms with Crippen molar-refractivity contribution in [2.45, 2.75) is 50.0 Å². The molecule has 0 fully saturated rings. The molecule has 6 heteroatoms. The normalized spacial score (nSPS) is 17.8. The van der Waals surface area contributed by atoms with Crippen molar-refractivity contribution in [3.8, 4) is 11.1 Å². The first kappa shape index (κ1) is 23.0. The molecule has 0 unspecified atom stereocenters. The Bertz CT molecular complexity index is 1340. The van der Waals surface area contributed by atoms with Gasteiger partial charge in [0.05, 0.1) is 0 Å².